The van der Waals surface area contributed by atoms with Crippen molar-refractivity contribution in [3.63, 3.8) is 0 Å². The first-order valence-electron chi connectivity index (χ1n) is 4.19. The maximum atomic E-state index is 13.2. The van der Waals surface area contributed by atoms with Crippen molar-refractivity contribution in [2.75, 3.05) is 6.61 Å². The summed E-state index contributed by atoms with van der Waals surface area (Å²) in [5, 5.41) is 0. The van der Waals surface area contributed by atoms with Gasteiger partial charge in [0.2, 0.25) is 5.82 Å². The Kier molecular flexibility index (Phi) is 3.34. The van der Waals surface area contributed by atoms with Gasteiger partial charge in [-0.05, 0) is 25.5 Å². The molecule has 0 aliphatic carbocycles. The number of hydrogen-bond donors (Lipinski definition) is 0. The molecule has 1 rings (SSSR count). The van der Waals surface area contributed by atoms with E-state index < -0.39 is 35.6 Å². The van der Waals surface area contributed by atoms with E-state index in [1.54, 1.807) is 0 Å². The fourth-order valence-electron chi connectivity index (χ4n) is 1.00. The lowest BCUT2D eigenvalue weighted by molar-refractivity contribution is -0.119. The van der Waals surface area contributed by atoms with Gasteiger partial charge in [0.15, 0.2) is 23.2 Å². The van der Waals surface area contributed by atoms with Crippen LogP contribution in [-0.2, 0) is 4.79 Å². The van der Waals surface area contributed by atoms with Crippen molar-refractivity contribution < 1.29 is 22.7 Å². The molecule has 0 aromatic heterocycles. The zero-order chi connectivity index (χ0) is 11.6. The molecule has 0 N–H and O–H groups in total. The lowest BCUT2D eigenvalue weighted by Gasteiger charge is -2.08. The molecule has 5 heteroatoms. The van der Waals surface area contributed by atoms with Crippen LogP contribution in [0.1, 0.15) is 12.5 Å². The summed E-state index contributed by atoms with van der Waals surface area (Å²) in [7, 11) is 0. The van der Waals surface area contributed by atoms with Crippen LogP contribution in [0.3, 0.4) is 0 Å². The van der Waals surface area contributed by atoms with E-state index in [1.165, 1.54) is 13.8 Å². The molecule has 0 unspecified atom stereocenters. The molecule has 0 atom stereocenters. The van der Waals surface area contributed by atoms with Crippen molar-refractivity contribution in [3.05, 3.63) is 29.1 Å². The molecule has 0 bridgehead atoms. The molecular formula is C10H9F3O2. The Balaban J connectivity index is 3.09. The lowest BCUT2D eigenvalue weighted by Crippen LogP contribution is -2.10. The van der Waals surface area contributed by atoms with Gasteiger partial charge in [0.05, 0.1) is 0 Å². The van der Waals surface area contributed by atoms with E-state index >= 15 is 0 Å². The molecule has 0 aliphatic heterocycles. The van der Waals surface area contributed by atoms with Gasteiger partial charge in [-0.25, -0.2) is 8.78 Å². The van der Waals surface area contributed by atoms with Crippen molar-refractivity contribution in [3.8, 4) is 5.75 Å². The van der Waals surface area contributed by atoms with Gasteiger partial charge in [0, 0.05) is 0 Å². The van der Waals surface area contributed by atoms with Crippen LogP contribution < -0.4 is 4.74 Å². The summed E-state index contributed by atoms with van der Waals surface area (Å²) in [6, 6.07) is 0.727. The molecule has 1 aromatic carbocycles. The highest BCUT2D eigenvalue weighted by atomic mass is 19.2. The van der Waals surface area contributed by atoms with Gasteiger partial charge in [-0.2, -0.15) is 4.39 Å². The van der Waals surface area contributed by atoms with Gasteiger partial charge in [0.1, 0.15) is 6.61 Å². The van der Waals surface area contributed by atoms with Crippen LogP contribution in [0.5, 0.6) is 5.75 Å². The number of carbonyl (C=O) groups is 1. The van der Waals surface area contributed by atoms with Gasteiger partial charge in [-0.15, -0.1) is 0 Å². The standard InChI is InChI=1S/C10H9F3O2/c1-5-3-7(11)9(13)10(8(5)12)15-4-6(2)14/h3H,4H2,1-2H3. The van der Waals surface area contributed by atoms with E-state index in [2.05, 4.69) is 4.74 Å². The Morgan fingerprint density at radius 3 is 2.47 bits per heavy atom. The average Bonchev–Trinajstić information content (AvgIpc) is 2.14. The van der Waals surface area contributed by atoms with E-state index in [0.717, 1.165) is 6.07 Å². The summed E-state index contributed by atoms with van der Waals surface area (Å²) in [6.07, 6.45) is 0. The summed E-state index contributed by atoms with van der Waals surface area (Å²) in [5.41, 5.74) is -0.0764. The van der Waals surface area contributed by atoms with E-state index in [4.69, 9.17) is 0 Å². The minimum absolute atomic E-state index is 0.0764. The predicted octanol–water partition coefficient (Wildman–Crippen LogP) is 2.38. The van der Waals surface area contributed by atoms with Crippen LogP contribution in [0.25, 0.3) is 0 Å². The van der Waals surface area contributed by atoms with Crippen molar-refractivity contribution in [2.24, 2.45) is 0 Å². The van der Waals surface area contributed by atoms with Crippen molar-refractivity contribution in [1.82, 2.24) is 0 Å². The normalized spacial score (nSPS) is 10.2. The monoisotopic (exact) mass is 218 g/mol. The zero-order valence-corrected chi connectivity index (χ0v) is 8.23. The molecule has 0 saturated carbocycles. The third-order valence-electron chi connectivity index (χ3n) is 1.72. The van der Waals surface area contributed by atoms with E-state index in [9.17, 15) is 18.0 Å². The third kappa shape index (κ3) is 2.49. The van der Waals surface area contributed by atoms with E-state index in [0.29, 0.717) is 0 Å². The second-order valence-electron chi connectivity index (χ2n) is 3.12. The molecule has 0 aliphatic rings. The second kappa shape index (κ2) is 4.33. The third-order valence-corrected chi connectivity index (χ3v) is 1.72. The van der Waals surface area contributed by atoms with Gasteiger partial charge in [0.25, 0.3) is 0 Å². The fourth-order valence-corrected chi connectivity index (χ4v) is 1.00. The van der Waals surface area contributed by atoms with Gasteiger partial charge in [-0.3, -0.25) is 4.79 Å². The van der Waals surface area contributed by atoms with E-state index in [1.807, 2.05) is 0 Å². The number of Topliss-reactive ketones (excluding diaryl/α,β-unsaturated/α-hetero) is 1. The van der Waals surface area contributed by atoms with Crippen LogP contribution in [0.4, 0.5) is 13.2 Å². The number of benzene rings is 1. The van der Waals surface area contributed by atoms with Crippen LogP contribution >= 0.6 is 0 Å². The smallest absolute Gasteiger partial charge is 0.203 e. The van der Waals surface area contributed by atoms with Gasteiger partial charge >= 0.3 is 0 Å². The molecule has 82 valence electrons. The maximum Gasteiger partial charge on any atom is 0.203 e. The summed E-state index contributed by atoms with van der Waals surface area (Å²) in [4.78, 5) is 10.5. The first-order chi connectivity index (χ1) is 6.93. The first-order valence-corrected chi connectivity index (χ1v) is 4.19. The highest BCUT2D eigenvalue weighted by molar-refractivity contribution is 5.77. The van der Waals surface area contributed by atoms with Crippen LogP contribution in [-0.4, -0.2) is 12.4 Å². The Labute approximate surface area is 84.7 Å². The van der Waals surface area contributed by atoms with Crippen LogP contribution in [0.15, 0.2) is 6.07 Å². The molecule has 2 nitrogen and oxygen atoms in total. The number of ether oxygens (including phenoxy) is 1. The van der Waals surface area contributed by atoms with Gasteiger partial charge in [-0.1, -0.05) is 0 Å². The number of aryl methyl sites for hydroxylation is 1. The topological polar surface area (TPSA) is 26.3 Å². The molecular weight excluding hydrogens is 209 g/mol. The Hall–Kier alpha value is -1.52. The molecule has 0 saturated heterocycles. The van der Waals surface area contributed by atoms with Crippen LogP contribution in [0.2, 0.25) is 0 Å². The summed E-state index contributed by atoms with van der Waals surface area (Å²) in [5.74, 6) is -4.86. The highest BCUT2D eigenvalue weighted by Gasteiger charge is 2.18. The minimum atomic E-state index is -1.42. The lowest BCUT2D eigenvalue weighted by atomic mass is 10.2. The molecule has 0 heterocycles. The Bertz CT molecular complexity index is 376. The Morgan fingerprint density at radius 1 is 1.33 bits per heavy atom. The maximum absolute atomic E-state index is 13.2. The van der Waals surface area contributed by atoms with Crippen LogP contribution in [0, 0.1) is 24.4 Å². The van der Waals surface area contributed by atoms with Crippen molar-refractivity contribution in [1.29, 1.82) is 0 Å². The summed E-state index contributed by atoms with van der Waals surface area (Å²) < 4.78 is 43.7. The highest BCUT2D eigenvalue weighted by Crippen LogP contribution is 2.26. The van der Waals surface area contributed by atoms with E-state index in [-0.39, 0.29) is 5.56 Å². The minimum Gasteiger partial charge on any atom is -0.480 e. The predicted molar refractivity (Wildman–Crippen MR) is 47.2 cm³/mol. The molecule has 1 aromatic rings. The van der Waals surface area contributed by atoms with Gasteiger partial charge < -0.3 is 4.74 Å². The van der Waals surface area contributed by atoms with Crippen molar-refractivity contribution >= 4 is 5.78 Å². The average molecular weight is 218 g/mol. The molecule has 0 spiro atoms. The zero-order valence-electron chi connectivity index (χ0n) is 8.23. The molecule has 0 fully saturated rings. The Morgan fingerprint density at radius 2 is 1.93 bits per heavy atom. The number of halogens is 3. The molecule has 0 radical (unpaired) electrons. The second-order valence-corrected chi connectivity index (χ2v) is 3.12. The number of carbonyl (C=O) groups excluding carboxylic acids is 1. The number of ketones is 1. The number of hydrogen-bond acceptors (Lipinski definition) is 2. The molecule has 0 amide bonds. The summed E-state index contributed by atoms with van der Waals surface area (Å²) in [6.45, 7) is 1.98. The number of rotatable bonds is 3. The summed E-state index contributed by atoms with van der Waals surface area (Å²) >= 11 is 0. The fraction of sp³-hybridized carbons (Fsp3) is 0.300. The quantitative estimate of drug-likeness (QED) is 0.728. The largest absolute Gasteiger partial charge is 0.480 e. The SMILES string of the molecule is CC(=O)COc1c(F)c(C)cc(F)c1F. The van der Waals surface area contributed by atoms with Crippen molar-refractivity contribution in [2.45, 2.75) is 13.8 Å². The molecule has 15 heavy (non-hydrogen) atoms. The first kappa shape index (κ1) is 11.6.